The van der Waals surface area contributed by atoms with Crippen molar-refractivity contribution < 1.29 is 14.1 Å². The molecule has 1 rings (SSSR count). The lowest BCUT2D eigenvalue weighted by molar-refractivity contribution is -0.388. The Morgan fingerprint density at radius 3 is 2.40 bits per heavy atom. The minimum Gasteiger partial charge on any atom is -0.345 e. The van der Waals surface area contributed by atoms with Crippen molar-refractivity contribution in [2.75, 3.05) is 14.1 Å². The molecule has 1 aromatic carbocycles. The summed E-state index contributed by atoms with van der Waals surface area (Å²) in [6.07, 6.45) is 0.282. The predicted octanol–water partition coefficient (Wildman–Crippen LogP) is 2.94. The van der Waals surface area contributed by atoms with Crippen LogP contribution in [-0.2, 0) is 6.42 Å². The Balaban J connectivity index is 3.67. The summed E-state index contributed by atoms with van der Waals surface area (Å²) in [6.45, 7) is 5.33. The molecule has 0 spiro atoms. The highest BCUT2D eigenvalue weighted by molar-refractivity contribution is 5.98. The van der Waals surface area contributed by atoms with E-state index in [0.29, 0.717) is 5.56 Å². The molecule has 0 saturated heterocycles. The predicted molar refractivity (Wildman–Crippen MR) is 74.4 cm³/mol. The summed E-state index contributed by atoms with van der Waals surface area (Å²) in [5.41, 5.74) is 0.245. The largest absolute Gasteiger partial charge is 0.345 e. The smallest absolute Gasteiger partial charge is 0.308 e. The second kappa shape index (κ2) is 5.98. The molecule has 0 atom stereocenters. The fourth-order valence-electron chi connectivity index (χ4n) is 2.16. The zero-order valence-corrected chi connectivity index (χ0v) is 12.4. The molecule has 0 unspecified atom stereocenters. The van der Waals surface area contributed by atoms with Crippen LogP contribution in [0, 0.1) is 28.8 Å². The van der Waals surface area contributed by atoms with Gasteiger partial charge in [0.2, 0.25) is 5.82 Å². The van der Waals surface area contributed by atoms with Gasteiger partial charge in [0.25, 0.3) is 5.91 Å². The van der Waals surface area contributed by atoms with E-state index < -0.39 is 16.4 Å². The second-order valence-corrected chi connectivity index (χ2v) is 5.43. The number of halogens is 1. The van der Waals surface area contributed by atoms with Crippen LogP contribution in [-0.4, -0.2) is 29.8 Å². The van der Waals surface area contributed by atoms with Gasteiger partial charge in [-0.15, -0.1) is 0 Å². The number of nitro groups is 1. The summed E-state index contributed by atoms with van der Waals surface area (Å²) in [5.74, 6) is -1.16. The Hall–Kier alpha value is -1.98. The minimum atomic E-state index is -0.890. The van der Waals surface area contributed by atoms with Crippen LogP contribution in [0.2, 0.25) is 0 Å². The highest BCUT2D eigenvalue weighted by atomic mass is 19.1. The third-order valence-corrected chi connectivity index (χ3v) is 2.97. The van der Waals surface area contributed by atoms with E-state index in [0.717, 1.165) is 6.07 Å². The van der Waals surface area contributed by atoms with Gasteiger partial charge >= 0.3 is 5.69 Å². The van der Waals surface area contributed by atoms with Crippen molar-refractivity contribution in [2.45, 2.75) is 27.2 Å². The van der Waals surface area contributed by atoms with Gasteiger partial charge in [-0.3, -0.25) is 14.9 Å². The molecule has 110 valence electrons. The minimum absolute atomic E-state index is 0.0728. The van der Waals surface area contributed by atoms with E-state index in [-0.39, 0.29) is 29.4 Å². The van der Waals surface area contributed by atoms with E-state index in [2.05, 4.69) is 0 Å². The number of carbonyl (C=O) groups is 1. The molecule has 6 heteroatoms. The number of rotatable bonds is 4. The van der Waals surface area contributed by atoms with Crippen LogP contribution in [0.15, 0.2) is 6.07 Å². The number of nitro benzene ring substituents is 1. The summed E-state index contributed by atoms with van der Waals surface area (Å²) >= 11 is 0. The maximum atomic E-state index is 13.9. The molecule has 0 fully saturated rings. The molecule has 20 heavy (non-hydrogen) atoms. The van der Waals surface area contributed by atoms with Crippen LogP contribution in [0.3, 0.4) is 0 Å². The lowest BCUT2D eigenvalue weighted by Gasteiger charge is -2.18. The lowest BCUT2D eigenvalue weighted by Crippen LogP contribution is -2.25. The molecule has 5 nitrogen and oxygen atoms in total. The summed E-state index contributed by atoms with van der Waals surface area (Å²) in [7, 11) is 3.13. The SMILES string of the molecule is Cc1cc(F)c([N+](=O)[O-])c(CC(C)C)c1C(=O)N(C)C. The van der Waals surface area contributed by atoms with Crippen molar-refractivity contribution in [3.63, 3.8) is 0 Å². The summed E-state index contributed by atoms with van der Waals surface area (Å²) in [4.78, 5) is 23.9. The summed E-state index contributed by atoms with van der Waals surface area (Å²) in [6, 6.07) is 1.05. The molecular formula is C14H19FN2O3. The first-order valence-corrected chi connectivity index (χ1v) is 6.34. The van der Waals surface area contributed by atoms with Gasteiger partial charge in [-0.05, 0) is 30.9 Å². The van der Waals surface area contributed by atoms with Crippen LogP contribution in [0.5, 0.6) is 0 Å². The van der Waals surface area contributed by atoms with Crippen molar-refractivity contribution in [1.29, 1.82) is 0 Å². The molecule has 0 N–H and O–H groups in total. The first-order chi connectivity index (χ1) is 9.16. The normalized spacial score (nSPS) is 10.8. The van der Waals surface area contributed by atoms with Crippen molar-refractivity contribution in [2.24, 2.45) is 5.92 Å². The maximum Gasteiger partial charge on any atom is 0.308 e. The van der Waals surface area contributed by atoms with Crippen LogP contribution in [0.25, 0.3) is 0 Å². The van der Waals surface area contributed by atoms with Gasteiger partial charge in [0.05, 0.1) is 10.5 Å². The van der Waals surface area contributed by atoms with E-state index in [9.17, 15) is 19.3 Å². The molecule has 0 saturated carbocycles. The van der Waals surface area contributed by atoms with Crippen molar-refractivity contribution in [1.82, 2.24) is 4.90 Å². The van der Waals surface area contributed by atoms with Gasteiger partial charge < -0.3 is 4.90 Å². The topological polar surface area (TPSA) is 63.5 Å². The standard InChI is InChI=1S/C14H19FN2O3/c1-8(2)6-10-12(14(18)16(4)5)9(3)7-11(15)13(10)17(19)20/h7-8H,6H2,1-5H3. The molecule has 0 aliphatic rings. The van der Waals surface area contributed by atoms with Crippen LogP contribution in [0.1, 0.15) is 35.3 Å². The molecule has 0 heterocycles. The number of amides is 1. The van der Waals surface area contributed by atoms with E-state index >= 15 is 0 Å². The highest BCUT2D eigenvalue weighted by Crippen LogP contribution is 2.31. The van der Waals surface area contributed by atoms with E-state index in [4.69, 9.17) is 0 Å². The average molecular weight is 282 g/mol. The molecule has 0 aliphatic heterocycles. The highest BCUT2D eigenvalue weighted by Gasteiger charge is 2.29. The number of carbonyl (C=O) groups excluding carboxylic acids is 1. The molecule has 1 amide bonds. The second-order valence-electron chi connectivity index (χ2n) is 5.43. The monoisotopic (exact) mass is 282 g/mol. The maximum absolute atomic E-state index is 13.9. The molecule has 1 aromatic rings. The zero-order chi connectivity index (χ0) is 15.6. The summed E-state index contributed by atoms with van der Waals surface area (Å²) < 4.78 is 13.9. The zero-order valence-electron chi connectivity index (χ0n) is 12.4. The third kappa shape index (κ3) is 3.12. The Morgan fingerprint density at radius 2 is 2.00 bits per heavy atom. The number of benzene rings is 1. The summed E-state index contributed by atoms with van der Waals surface area (Å²) in [5, 5.41) is 11.1. The Labute approximate surface area is 117 Å². The Kier molecular flexibility index (Phi) is 4.81. The fourth-order valence-corrected chi connectivity index (χ4v) is 2.16. The van der Waals surface area contributed by atoms with Crippen molar-refractivity contribution in [3.8, 4) is 0 Å². The Morgan fingerprint density at radius 1 is 1.45 bits per heavy atom. The van der Waals surface area contributed by atoms with Crippen molar-refractivity contribution >= 4 is 11.6 Å². The molecule has 0 aromatic heterocycles. The number of aryl methyl sites for hydroxylation is 1. The quantitative estimate of drug-likeness (QED) is 0.630. The molecular weight excluding hydrogens is 263 g/mol. The number of hydrogen-bond acceptors (Lipinski definition) is 3. The molecule has 0 aliphatic carbocycles. The fraction of sp³-hybridized carbons (Fsp3) is 0.500. The number of hydrogen-bond donors (Lipinski definition) is 0. The molecule has 0 bridgehead atoms. The first-order valence-electron chi connectivity index (χ1n) is 6.34. The lowest BCUT2D eigenvalue weighted by atomic mass is 9.92. The van der Waals surface area contributed by atoms with Gasteiger partial charge in [-0.1, -0.05) is 13.8 Å². The first kappa shape index (κ1) is 16.1. The van der Waals surface area contributed by atoms with Crippen molar-refractivity contribution in [3.05, 3.63) is 38.7 Å². The van der Waals surface area contributed by atoms with Crippen LogP contribution >= 0.6 is 0 Å². The number of nitrogens with zero attached hydrogens (tertiary/aromatic N) is 2. The van der Waals surface area contributed by atoms with E-state index in [1.807, 2.05) is 13.8 Å². The van der Waals surface area contributed by atoms with Gasteiger partial charge in [-0.25, -0.2) is 0 Å². The van der Waals surface area contributed by atoms with E-state index in [1.165, 1.54) is 4.90 Å². The Bertz CT molecular complexity index is 554. The van der Waals surface area contributed by atoms with E-state index in [1.54, 1.807) is 21.0 Å². The third-order valence-electron chi connectivity index (χ3n) is 2.97. The molecule has 0 radical (unpaired) electrons. The van der Waals surface area contributed by atoms with Gasteiger partial charge in [0.1, 0.15) is 0 Å². The van der Waals surface area contributed by atoms with Crippen LogP contribution < -0.4 is 0 Å². The van der Waals surface area contributed by atoms with Crippen LogP contribution in [0.4, 0.5) is 10.1 Å². The van der Waals surface area contributed by atoms with Gasteiger partial charge in [0.15, 0.2) is 0 Å². The van der Waals surface area contributed by atoms with Gasteiger partial charge in [0, 0.05) is 19.7 Å². The average Bonchev–Trinajstić information content (AvgIpc) is 2.26. The van der Waals surface area contributed by atoms with Gasteiger partial charge in [-0.2, -0.15) is 4.39 Å².